The Morgan fingerprint density at radius 3 is 2.48 bits per heavy atom. The second kappa shape index (κ2) is 8.28. The zero-order valence-corrected chi connectivity index (χ0v) is 16.9. The number of nitrogens with zero attached hydrogens (tertiary/aromatic N) is 2. The van der Waals surface area contributed by atoms with Crippen LogP contribution in [0.4, 0.5) is 0 Å². The zero-order chi connectivity index (χ0) is 18.6. The molecular weight excluding hydrogens is 372 g/mol. The van der Waals surface area contributed by atoms with Crippen molar-refractivity contribution in [3.8, 4) is 0 Å². The van der Waals surface area contributed by atoms with Crippen molar-refractivity contribution in [2.75, 3.05) is 0 Å². The minimum Gasteiger partial charge on any atom is -0.331 e. The summed E-state index contributed by atoms with van der Waals surface area (Å²) in [4.78, 5) is 19.5. The minimum atomic E-state index is 0.135. The monoisotopic (exact) mass is 394 g/mol. The molecule has 0 aliphatic heterocycles. The average molecular weight is 395 g/mol. The van der Waals surface area contributed by atoms with E-state index in [1.165, 1.54) is 11.1 Å². The molecule has 3 aromatic rings. The lowest BCUT2D eigenvalue weighted by Crippen LogP contribution is -2.32. The fourth-order valence-corrected chi connectivity index (χ4v) is 4.79. The van der Waals surface area contributed by atoms with Crippen molar-refractivity contribution in [1.29, 1.82) is 0 Å². The highest BCUT2D eigenvalue weighted by Crippen LogP contribution is 2.30. The lowest BCUT2D eigenvalue weighted by Gasteiger charge is -2.23. The Balaban J connectivity index is 1.41. The highest BCUT2D eigenvalue weighted by molar-refractivity contribution is 8.00. The number of hydrogen-bond donors (Lipinski definition) is 0. The van der Waals surface area contributed by atoms with Gasteiger partial charge in [0.1, 0.15) is 4.34 Å². The number of thiazole rings is 1. The van der Waals surface area contributed by atoms with Crippen molar-refractivity contribution >= 4 is 29.0 Å². The van der Waals surface area contributed by atoms with Crippen LogP contribution in [0.1, 0.15) is 40.0 Å². The Morgan fingerprint density at radius 2 is 1.85 bits per heavy atom. The van der Waals surface area contributed by atoms with Crippen LogP contribution in [0, 0.1) is 6.92 Å². The van der Waals surface area contributed by atoms with Crippen molar-refractivity contribution in [2.24, 2.45) is 0 Å². The summed E-state index contributed by atoms with van der Waals surface area (Å²) in [5.41, 5.74) is 4.24. The van der Waals surface area contributed by atoms with Crippen LogP contribution in [0.25, 0.3) is 0 Å². The maximum absolute atomic E-state index is 13.0. The van der Waals surface area contributed by atoms with Crippen LogP contribution in [-0.2, 0) is 12.3 Å². The highest BCUT2D eigenvalue weighted by atomic mass is 32.2. The molecule has 1 aliphatic rings. The Kier molecular flexibility index (Phi) is 5.60. The molecule has 4 rings (SSSR count). The summed E-state index contributed by atoms with van der Waals surface area (Å²) in [5.74, 6) is 1.01. The van der Waals surface area contributed by atoms with Crippen LogP contribution in [0.15, 0.2) is 64.3 Å². The van der Waals surface area contributed by atoms with E-state index in [1.54, 1.807) is 23.1 Å². The standard InChI is InChI=1S/C22H22N2OS2/c1-16-14-26-22(23-16)27-15-18-7-9-19(10-8-18)21(25)24(20-11-12-20)13-17-5-3-2-4-6-17/h2-10,14,20H,11-13,15H2,1H3. The number of amides is 1. The predicted octanol–water partition coefficient (Wildman–Crippen LogP) is 5.55. The first-order valence-electron chi connectivity index (χ1n) is 9.18. The van der Waals surface area contributed by atoms with Gasteiger partial charge in [0.15, 0.2) is 0 Å². The van der Waals surface area contributed by atoms with Crippen LogP contribution in [0.2, 0.25) is 0 Å². The van der Waals surface area contributed by atoms with E-state index in [4.69, 9.17) is 0 Å². The van der Waals surface area contributed by atoms with Gasteiger partial charge in [-0.15, -0.1) is 11.3 Å². The molecule has 0 spiro atoms. The van der Waals surface area contributed by atoms with Gasteiger partial charge >= 0.3 is 0 Å². The van der Waals surface area contributed by atoms with Gasteiger partial charge in [-0.25, -0.2) is 4.98 Å². The fourth-order valence-electron chi connectivity index (χ4n) is 2.99. The second-order valence-corrected chi connectivity index (χ2v) is 8.97. The van der Waals surface area contributed by atoms with Crippen molar-refractivity contribution < 1.29 is 4.79 Å². The molecule has 138 valence electrons. The first-order chi connectivity index (χ1) is 13.2. The number of hydrogen-bond acceptors (Lipinski definition) is 4. The molecule has 1 aliphatic carbocycles. The van der Waals surface area contributed by atoms with E-state index in [1.807, 2.05) is 42.2 Å². The predicted molar refractivity (Wildman–Crippen MR) is 112 cm³/mol. The Morgan fingerprint density at radius 1 is 1.11 bits per heavy atom. The summed E-state index contributed by atoms with van der Waals surface area (Å²) in [7, 11) is 0. The maximum atomic E-state index is 13.0. The fraction of sp³-hybridized carbons (Fsp3) is 0.273. The molecule has 27 heavy (non-hydrogen) atoms. The van der Waals surface area contributed by atoms with Crippen LogP contribution in [0.5, 0.6) is 0 Å². The summed E-state index contributed by atoms with van der Waals surface area (Å²) in [5, 5.41) is 2.07. The number of thioether (sulfide) groups is 1. The third kappa shape index (κ3) is 4.79. The summed E-state index contributed by atoms with van der Waals surface area (Å²) in [6, 6.07) is 18.7. The third-order valence-corrected chi connectivity index (χ3v) is 6.82. The summed E-state index contributed by atoms with van der Waals surface area (Å²) < 4.78 is 1.09. The maximum Gasteiger partial charge on any atom is 0.254 e. The van der Waals surface area contributed by atoms with E-state index in [-0.39, 0.29) is 5.91 Å². The lowest BCUT2D eigenvalue weighted by molar-refractivity contribution is 0.0730. The quantitative estimate of drug-likeness (QED) is 0.493. The molecule has 0 saturated heterocycles. The van der Waals surface area contributed by atoms with Gasteiger partial charge in [-0.05, 0) is 43.0 Å². The molecule has 0 bridgehead atoms. The van der Waals surface area contributed by atoms with E-state index in [0.29, 0.717) is 12.6 Å². The van der Waals surface area contributed by atoms with Crippen LogP contribution < -0.4 is 0 Å². The van der Waals surface area contributed by atoms with E-state index in [9.17, 15) is 4.79 Å². The summed E-state index contributed by atoms with van der Waals surface area (Å²) in [6.07, 6.45) is 2.22. The molecule has 1 fully saturated rings. The van der Waals surface area contributed by atoms with Gasteiger partial charge < -0.3 is 4.90 Å². The molecule has 1 amide bonds. The average Bonchev–Trinajstić information content (AvgIpc) is 3.46. The van der Waals surface area contributed by atoms with Crippen molar-refractivity contribution in [2.45, 2.75) is 42.4 Å². The third-order valence-electron chi connectivity index (χ3n) is 4.61. The first-order valence-corrected chi connectivity index (χ1v) is 11.0. The van der Waals surface area contributed by atoms with E-state index >= 15 is 0 Å². The normalized spacial score (nSPS) is 13.5. The van der Waals surface area contributed by atoms with Gasteiger partial charge in [-0.1, -0.05) is 54.2 Å². The SMILES string of the molecule is Cc1csc(SCc2ccc(C(=O)N(Cc3ccccc3)C3CC3)cc2)n1. The summed E-state index contributed by atoms with van der Waals surface area (Å²) in [6.45, 7) is 2.70. The lowest BCUT2D eigenvalue weighted by atomic mass is 10.1. The van der Waals surface area contributed by atoms with Gasteiger partial charge in [-0.3, -0.25) is 4.79 Å². The van der Waals surface area contributed by atoms with Gasteiger partial charge in [0.2, 0.25) is 0 Å². The molecule has 1 saturated carbocycles. The van der Waals surface area contributed by atoms with Crippen LogP contribution >= 0.6 is 23.1 Å². The molecule has 5 heteroatoms. The van der Waals surface area contributed by atoms with Crippen molar-refractivity contribution in [3.63, 3.8) is 0 Å². The molecular formula is C22H22N2OS2. The second-order valence-electron chi connectivity index (χ2n) is 6.89. The smallest absolute Gasteiger partial charge is 0.254 e. The number of carbonyl (C=O) groups excluding carboxylic acids is 1. The van der Waals surface area contributed by atoms with E-state index < -0.39 is 0 Å². The minimum absolute atomic E-state index is 0.135. The molecule has 0 radical (unpaired) electrons. The Labute approximate surface area is 168 Å². The van der Waals surface area contributed by atoms with Crippen molar-refractivity contribution in [3.05, 3.63) is 82.4 Å². The summed E-state index contributed by atoms with van der Waals surface area (Å²) >= 11 is 3.43. The van der Waals surface area contributed by atoms with Crippen LogP contribution in [0.3, 0.4) is 0 Å². The van der Waals surface area contributed by atoms with Crippen LogP contribution in [-0.4, -0.2) is 21.8 Å². The van der Waals surface area contributed by atoms with Gasteiger partial charge in [0.25, 0.3) is 5.91 Å². The zero-order valence-electron chi connectivity index (χ0n) is 15.3. The van der Waals surface area contributed by atoms with E-state index in [0.717, 1.165) is 34.2 Å². The molecule has 0 atom stereocenters. The molecule has 3 nitrogen and oxygen atoms in total. The highest BCUT2D eigenvalue weighted by Gasteiger charge is 2.33. The Bertz CT molecular complexity index is 902. The Hall–Kier alpha value is -2.11. The number of carbonyl (C=O) groups is 1. The number of aryl methyl sites for hydroxylation is 1. The number of rotatable bonds is 7. The molecule has 0 unspecified atom stereocenters. The van der Waals surface area contributed by atoms with Gasteiger partial charge in [0.05, 0.1) is 0 Å². The molecule has 2 aromatic carbocycles. The van der Waals surface area contributed by atoms with Crippen molar-refractivity contribution in [1.82, 2.24) is 9.88 Å². The van der Waals surface area contributed by atoms with Gasteiger partial charge in [0, 0.05) is 35.0 Å². The molecule has 1 heterocycles. The van der Waals surface area contributed by atoms with E-state index in [2.05, 4.69) is 34.6 Å². The topological polar surface area (TPSA) is 33.2 Å². The molecule has 1 aromatic heterocycles. The number of benzene rings is 2. The largest absolute Gasteiger partial charge is 0.331 e. The number of aromatic nitrogens is 1. The molecule has 0 N–H and O–H groups in total. The van der Waals surface area contributed by atoms with Gasteiger partial charge in [-0.2, -0.15) is 0 Å². The first kappa shape index (κ1) is 18.3.